The van der Waals surface area contributed by atoms with E-state index < -0.39 is 0 Å². The molecule has 1 saturated heterocycles. The molecule has 2 unspecified atom stereocenters. The van der Waals surface area contributed by atoms with Crippen molar-refractivity contribution in [1.82, 2.24) is 4.90 Å². The highest BCUT2D eigenvalue weighted by molar-refractivity contribution is 14.1. The van der Waals surface area contributed by atoms with Gasteiger partial charge in [0, 0.05) is 4.43 Å². The zero-order valence-electron chi connectivity index (χ0n) is 7.80. The van der Waals surface area contributed by atoms with Gasteiger partial charge >= 0.3 is 0 Å². The molecule has 0 aromatic carbocycles. The van der Waals surface area contributed by atoms with Crippen LogP contribution in [0.4, 0.5) is 0 Å². The van der Waals surface area contributed by atoms with E-state index in [1.807, 2.05) is 0 Å². The Labute approximate surface area is 89.0 Å². The van der Waals surface area contributed by atoms with Crippen molar-refractivity contribution in [2.24, 2.45) is 17.8 Å². The molecule has 1 aliphatic heterocycles. The minimum Gasteiger partial charge on any atom is -0.306 e. The van der Waals surface area contributed by atoms with Gasteiger partial charge in [-0.3, -0.25) is 0 Å². The predicted molar refractivity (Wildman–Crippen MR) is 60.7 cm³/mol. The third-order valence-electron chi connectivity index (χ3n) is 3.54. The Balaban J connectivity index is 1.76. The van der Waals surface area contributed by atoms with Crippen LogP contribution in [0.3, 0.4) is 0 Å². The summed E-state index contributed by atoms with van der Waals surface area (Å²) in [7, 11) is 2.25. The summed E-state index contributed by atoms with van der Waals surface area (Å²) in [5.41, 5.74) is 0. The van der Waals surface area contributed by atoms with Crippen LogP contribution in [-0.2, 0) is 0 Å². The van der Waals surface area contributed by atoms with E-state index in [4.69, 9.17) is 0 Å². The van der Waals surface area contributed by atoms with Gasteiger partial charge in [0.1, 0.15) is 0 Å². The first kappa shape index (κ1) is 9.25. The number of rotatable bonds is 2. The number of halogens is 1. The smallest absolute Gasteiger partial charge is 0.00265 e. The van der Waals surface area contributed by atoms with Gasteiger partial charge in [0.25, 0.3) is 0 Å². The molecule has 0 aromatic rings. The van der Waals surface area contributed by atoms with Gasteiger partial charge in [-0.15, -0.1) is 0 Å². The van der Waals surface area contributed by atoms with Gasteiger partial charge in [0.2, 0.25) is 0 Å². The second-order valence-corrected chi connectivity index (χ2v) is 5.34. The monoisotopic (exact) mass is 279 g/mol. The first-order valence-electron chi connectivity index (χ1n) is 5.05. The molecule has 1 nitrogen and oxygen atoms in total. The van der Waals surface area contributed by atoms with E-state index in [9.17, 15) is 0 Å². The Morgan fingerprint density at radius 1 is 1.33 bits per heavy atom. The zero-order chi connectivity index (χ0) is 8.55. The third-order valence-corrected chi connectivity index (χ3v) is 4.68. The summed E-state index contributed by atoms with van der Waals surface area (Å²) in [6.07, 6.45) is 4.47. The van der Waals surface area contributed by atoms with Gasteiger partial charge in [-0.05, 0) is 57.2 Å². The Kier molecular flexibility index (Phi) is 2.95. The maximum Gasteiger partial charge on any atom is 0.00265 e. The van der Waals surface area contributed by atoms with Crippen LogP contribution in [0.25, 0.3) is 0 Å². The normalized spacial score (nSPS) is 38.5. The standard InChI is InChI=1S/C10H18IN/c1-12-4-2-8(3-5-12)10-6-9(10)7-11/h8-10H,2-7H2,1H3. The Hall–Kier alpha value is 0.690. The molecule has 0 spiro atoms. The van der Waals surface area contributed by atoms with Gasteiger partial charge in [-0.1, -0.05) is 22.6 Å². The van der Waals surface area contributed by atoms with Gasteiger partial charge in [-0.2, -0.15) is 0 Å². The molecule has 2 heteroatoms. The number of piperidine rings is 1. The highest BCUT2D eigenvalue weighted by atomic mass is 127. The average molecular weight is 279 g/mol. The first-order chi connectivity index (χ1) is 5.81. The molecule has 2 fully saturated rings. The van der Waals surface area contributed by atoms with E-state index in [1.165, 1.54) is 36.8 Å². The van der Waals surface area contributed by atoms with Crippen molar-refractivity contribution in [2.45, 2.75) is 19.3 Å². The third kappa shape index (κ3) is 1.95. The van der Waals surface area contributed by atoms with E-state index in [0.29, 0.717) is 0 Å². The van der Waals surface area contributed by atoms with Gasteiger partial charge in [-0.25, -0.2) is 0 Å². The molecule has 0 aromatic heterocycles. The van der Waals surface area contributed by atoms with Crippen molar-refractivity contribution < 1.29 is 0 Å². The molecular weight excluding hydrogens is 261 g/mol. The van der Waals surface area contributed by atoms with Crippen molar-refractivity contribution in [3.8, 4) is 0 Å². The molecule has 2 aliphatic rings. The molecule has 70 valence electrons. The topological polar surface area (TPSA) is 3.24 Å². The quantitative estimate of drug-likeness (QED) is 0.554. The molecule has 0 amide bonds. The number of hydrogen-bond acceptors (Lipinski definition) is 1. The molecule has 1 heterocycles. The predicted octanol–water partition coefficient (Wildman–Crippen LogP) is 2.40. The Morgan fingerprint density at radius 3 is 2.50 bits per heavy atom. The Bertz CT molecular complexity index is 152. The van der Waals surface area contributed by atoms with Crippen LogP contribution in [0.2, 0.25) is 0 Å². The highest BCUT2D eigenvalue weighted by Crippen LogP contribution is 2.48. The molecule has 0 radical (unpaired) electrons. The summed E-state index contributed by atoms with van der Waals surface area (Å²) in [5, 5.41) is 0. The lowest BCUT2D eigenvalue weighted by atomic mass is 9.91. The van der Waals surface area contributed by atoms with E-state index in [1.54, 1.807) is 0 Å². The van der Waals surface area contributed by atoms with E-state index in [-0.39, 0.29) is 0 Å². The maximum atomic E-state index is 2.54. The minimum atomic E-state index is 1.08. The second-order valence-electron chi connectivity index (χ2n) is 4.45. The summed E-state index contributed by atoms with van der Waals surface area (Å²) < 4.78 is 1.40. The highest BCUT2D eigenvalue weighted by Gasteiger charge is 2.42. The van der Waals surface area contributed by atoms with Crippen LogP contribution in [0.5, 0.6) is 0 Å². The SMILES string of the molecule is CN1CCC(C2CC2CI)CC1. The fourth-order valence-corrected chi connectivity index (χ4v) is 3.50. The first-order valence-corrected chi connectivity index (χ1v) is 6.58. The zero-order valence-corrected chi connectivity index (χ0v) is 9.96. The van der Waals surface area contributed by atoms with Crippen molar-refractivity contribution in [3.63, 3.8) is 0 Å². The van der Waals surface area contributed by atoms with Gasteiger partial charge in [0.05, 0.1) is 0 Å². The van der Waals surface area contributed by atoms with Crippen LogP contribution >= 0.6 is 22.6 Å². The summed E-state index contributed by atoms with van der Waals surface area (Å²) in [6.45, 7) is 2.68. The van der Waals surface area contributed by atoms with E-state index >= 15 is 0 Å². The van der Waals surface area contributed by atoms with Crippen molar-refractivity contribution in [3.05, 3.63) is 0 Å². The lowest BCUT2D eigenvalue weighted by Crippen LogP contribution is -2.31. The lowest BCUT2D eigenvalue weighted by Gasteiger charge is -2.29. The van der Waals surface area contributed by atoms with Crippen LogP contribution < -0.4 is 0 Å². The lowest BCUT2D eigenvalue weighted by molar-refractivity contribution is 0.200. The number of alkyl halides is 1. The van der Waals surface area contributed by atoms with Crippen molar-refractivity contribution >= 4 is 22.6 Å². The second kappa shape index (κ2) is 3.82. The summed E-state index contributed by atoms with van der Waals surface area (Å²) in [4.78, 5) is 2.47. The Morgan fingerprint density at radius 2 is 2.00 bits per heavy atom. The summed E-state index contributed by atoms with van der Waals surface area (Å²) >= 11 is 2.54. The fraction of sp³-hybridized carbons (Fsp3) is 1.00. The van der Waals surface area contributed by atoms with Crippen LogP contribution in [-0.4, -0.2) is 29.5 Å². The largest absolute Gasteiger partial charge is 0.306 e. The van der Waals surface area contributed by atoms with Crippen molar-refractivity contribution in [2.75, 3.05) is 24.6 Å². The number of likely N-dealkylation sites (tertiary alicyclic amines) is 1. The molecule has 0 bridgehead atoms. The van der Waals surface area contributed by atoms with E-state index in [0.717, 1.165) is 17.8 Å². The molecule has 2 atom stereocenters. The minimum absolute atomic E-state index is 1.08. The van der Waals surface area contributed by atoms with Crippen LogP contribution in [0.1, 0.15) is 19.3 Å². The molecule has 0 N–H and O–H groups in total. The fourth-order valence-electron chi connectivity index (χ4n) is 2.48. The number of nitrogens with zero attached hydrogens (tertiary/aromatic N) is 1. The average Bonchev–Trinajstić information content (AvgIpc) is 2.85. The number of hydrogen-bond donors (Lipinski definition) is 0. The van der Waals surface area contributed by atoms with Crippen LogP contribution in [0, 0.1) is 17.8 Å². The molecule has 1 saturated carbocycles. The van der Waals surface area contributed by atoms with Gasteiger partial charge in [0.15, 0.2) is 0 Å². The van der Waals surface area contributed by atoms with Crippen LogP contribution in [0.15, 0.2) is 0 Å². The van der Waals surface area contributed by atoms with E-state index in [2.05, 4.69) is 34.5 Å². The summed E-state index contributed by atoms with van der Waals surface area (Å²) in [5.74, 6) is 3.30. The maximum absolute atomic E-state index is 2.54. The molecule has 12 heavy (non-hydrogen) atoms. The van der Waals surface area contributed by atoms with Gasteiger partial charge < -0.3 is 4.90 Å². The molecule has 2 rings (SSSR count). The molecule has 1 aliphatic carbocycles. The summed E-state index contributed by atoms with van der Waals surface area (Å²) in [6, 6.07) is 0. The molecular formula is C10H18IN. The van der Waals surface area contributed by atoms with Crippen molar-refractivity contribution in [1.29, 1.82) is 0 Å².